The summed E-state index contributed by atoms with van der Waals surface area (Å²) < 4.78 is 53.2. The van der Waals surface area contributed by atoms with E-state index >= 15 is 0 Å². The minimum absolute atomic E-state index is 0.101. The zero-order valence-electron chi connectivity index (χ0n) is 13.4. The number of hydrogen-bond donors (Lipinski definition) is 3. The van der Waals surface area contributed by atoms with Crippen LogP contribution in [0.15, 0.2) is 35.2 Å². The lowest BCUT2D eigenvalue weighted by atomic mass is 9.95. The summed E-state index contributed by atoms with van der Waals surface area (Å²) in [5.41, 5.74) is 4.99. The Morgan fingerprint density at radius 3 is 2.09 bits per heavy atom. The van der Waals surface area contributed by atoms with Crippen molar-refractivity contribution in [1.82, 2.24) is 9.44 Å². The first-order chi connectivity index (χ1) is 10.7. The molecule has 0 atom stereocenters. The molecule has 0 aliphatic carbocycles. The van der Waals surface area contributed by atoms with E-state index in [1.807, 2.05) is 13.8 Å². The van der Waals surface area contributed by atoms with Crippen LogP contribution in [0.1, 0.15) is 26.7 Å². The molecule has 23 heavy (non-hydrogen) atoms. The minimum atomic E-state index is -3.71. The van der Waals surface area contributed by atoms with Gasteiger partial charge in [-0.15, -0.1) is 0 Å². The highest BCUT2D eigenvalue weighted by Crippen LogP contribution is 2.15. The van der Waals surface area contributed by atoms with Crippen LogP contribution in [0.4, 0.5) is 0 Å². The smallest absolute Gasteiger partial charge is 0.240 e. The average Bonchev–Trinajstić information content (AvgIpc) is 2.53. The van der Waals surface area contributed by atoms with E-state index < -0.39 is 25.6 Å². The van der Waals surface area contributed by atoms with Crippen LogP contribution >= 0.6 is 0 Å². The van der Waals surface area contributed by atoms with E-state index in [-0.39, 0.29) is 23.7 Å². The predicted molar refractivity (Wildman–Crippen MR) is 90.9 cm³/mol. The maximum absolute atomic E-state index is 12.1. The van der Waals surface area contributed by atoms with Crippen LogP contribution in [0.2, 0.25) is 0 Å². The van der Waals surface area contributed by atoms with Crippen LogP contribution < -0.4 is 15.2 Å². The van der Waals surface area contributed by atoms with E-state index in [1.54, 1.807) is 18.2 Å². The highest BCUT2D eigenvalue weighted by molar-refractivity contribution is 7.90. The number of benzene rings is 1. The quantitative estimate of drug-likeness (QED) is 0.556. The van der Waals surface area contributed by atoms with E-state index in [0.717, 1.165) is 0 Å². The molecule has 0 bridgehead atoms. The Hall–Kier alpha value is -1.00. The van der Waals surface area contributed by atoms with Crippen LogP contribution in [0.25, 0.3) is 0 Å². The normalized spacial score (nSPS) is 13.2. The molecule has 0 spiro atoms. The van der Waals surface area contributed by atoms with Gasteiger partial charge in [0.25, 0.3) is 0 Å². The third-order valence-electron chi connectivity index (χ3n) is 3.83. The number of hydrogen-bond acceptors (Lipinski definition) is 5. The van der Waals surface area contributed by atoms with Crippen molar-refractivity contribution in [1.29, 1.82) is 0 Å². The zero-order chi connectivity index (χ0) is 17.6. The molecule has 0 saturated heterocycles. The van der Waals surface area contributed by atoms with Crippen molar-refractivity contribution in [2.75, 3.05) is 18.8 Å². The SMILES string of the molecule is CCC(CC)(CN)NS(=O)(=O)CCNS(=O)(=O)c1ccccc1. The molecule has 0 unspecified atom stereocenters. The van der Waals surface area contributed by atoms with E-state index in [9.17, 15) is 16.8 Å². The molecular weight excluding hydrogens is 338 g/mol. The summed E-state index contributed by atoms with van der Waals surface area (Å²) in [6, 6.07) is 7.80. The lowest BCUT2D eigenvalue weighted by Crippen LogP contribution is -2.54. The molecule has 0 aliphatic rings. The van der Waals surface area contributed by atoms with E-state index in [0.29, 0.717) is 12.8 Å². The Labute approximate surface area is 138 Å². The average molecular weight is 364 g/mol. The van der Waals surface area contributed by atoms with Gasteiger partial charge in [0.15, 0.2) is 0 Å². The maximum atomic E-state index is 12.1. The fraction of sp³-hybridized carbons (Fsp3) is 0.571. The summed E-state index contributed by atoms with van der Waals surface area (Å²) in [6.07, 6.45) is 1.13. The molecule has 9 heteroatoms. The lowest BCUT2D eigenvalue weighted by Gasteiger charge is -2.31. The van der Waals surface area contributed by atoms with Gasteiger partial charge in [-0.05, 0) is 25.0 Å². The molecule has 1 aromatic carbocycles. The molecular formula is C14H25N3O4S2. The molecule has 132 valence electrons. The Morgan fingerprint density at radius 2 is 1.61 bits per heavy atom. The van der Waals surface area contributed by atoms with E-state index in [2.05, 4.69) is 9.44 Å². The second-order valence-corrected chi connectivity index (χ2v) is 8.93. The zero-order valence-corrected chi connectivity index (χ0v) is 15.1. The molecule has 7 nitrogen and oxygen atoms in total. The summed E-state index contributed by atoms with van der Waals surface area (Å²) >= 11 is 0. The highest BCUT2D eigenvalue weighted by atomic mass is 32.2. The fourth-order valence-electron chi connectivity index (χ4n) is 2.10. The largest absolute Gasteiger partial charge is 0.329 e. The number of nitrogens with one attached hydrogen (secondary N) is 2. The van der Waals surface area contributed by atoms with Crippen LogP contribution in [0, 0.1) is 0 Å². The third-order valence-corrected chi connectivity index (χ3v) is 6.80. The van der Waals surface area contributed by atoms with Gasteiger partial charge in [-0.2, -0.15) is 0 Å². The summed E-state index contributed by atoms with van der Waals surface area (Å²) in [4.78, 5) is 0.101. The van der Waals surface area contributed by atoms with Gasteiger partial charge < -0.3 is 5.73 Å². The molecule has 4 N–H and O–H groups in total. The van der Waals surface area contributed by atoms with Crippen molar-refractivity contribution in [2.24, 2.45) is 5.73 Å². The lowest BCUT2D eigenvalue weighted by molar-refractivity contribution is 0.363. The molecule has 0 amide bonds. The summed E-state index contributed by atoms with van der Waals surface area (Å²) in [6.45, 7) is 3.70. The number of nitrogens with two attached hydrogens (primary N) is 1. The molecule has 0 saturated carbocycles. The molecule has 1 rings (SSSR count). The predicted octanol–water partition coefficient (Wildman–Crippen LogP) is 0.402. The first kappa shape index (κ1) is 20.0. The maximum Gasteiger partial charge on any atom is 0.240 e. The molecule has 0 aromatic heterocycles. The first-order valence-corrected chi connectivity index (χ1v) is 10.6. The van der Waals surface area contributed by atoms with Crippen molar-refractivity contribution in [3.8, 4) is 0 Å². The second-order valence-electron chi connectivity index (χ2n) is 5.32. The molecule has 0 aliphatic heterocycles. The van der Waals surface area contributed by atoms with Gasteiger partial charge in [-0.3, -0.25) is 0 Å². The van der Waals surface area contributed by atoms with Crippen LogP contribution in [-0.2, 0) is 20.0 Å². The van der Waals surface area contributed by atoms with Crippen molar-refractivity contribution >= 4 is 20.0 Å². The Morgan fingerprint density at radius 1 is 1.04 bits per heavy atom. The van der Waals surface area contributed by atoms with Crippen LogP contribution in [-0.4, -0.2) is 41.2 Å². The van der Waals surface area contributed by atoms with Crippen molar-refractivity contribution in [2.45, 2.75) is 37.1 Å². The summed E-state index contributed by atoms with van der Waals surface area (Å²) in [5.74, 6) is -0.346. The standard InChI is InChI=1S/C14H25N3O4S2/c1-3-14(4-2,12-15)17-22(18,19)11-10-16-23(20,21)13-8-6-5-7-9-13/h5-9,16-17H,3-4,10-12,15H2,1-2H3. The van der Waals surface area contributed by atoms with Crippen molar-refractivity contribution < 1.29 is 16.8 Å². The van der Waals surface area contributed by atoms with Crippen molar-refractivity contribution in [3.05, 3.63) is 30.3 Å². The van der Waals surface area contributed by atoms with E-state index in [1.165, 1.54) is 12.1 Å². The van der Waals surface area contributed by atoms with Crippen LogP contribution in [0.5, 0.6) is 0 Å². The fourth-order valence-corrected chi connectivity index (χ4v) is 4.79. The Bertz CT molecular complexity index is 676. The summed E-state index contributed by atoms with van der Waals surface area (Å²) in [7, 11) is -7.35. The molecule has 0 radical (unpaired) electrons. The monoisotopic (exact) mass is 363 g/mol. The van der Waals surface area contributed by atoms with Gasteiger partial charge >= 0.3 is 0 Å². The third kappa shape index (κ3) is 5.85. The van der Waals surface area contributed by atoms with Crippen molar-refractivity contribution in [3.63, 3.8) is 0 Å². The number of rotatable bonds is 10. The Kier molecular flexibility index (Phi) is 7.15. The molecule has 0 heterocycles. The summed E-state index contributed by atoms with van der Waals surface area (Å²) in [5, 5.41) is 0. The van der Waals surface area contributed by atoms with Crippen LogP contribution in [0.3, 0.4) is 0 Å². The van der Waals surface area contributed by atoms with Gasteiger partial charge in [0.2, 0.25) is 20.0 Å². The first-order valence-electron chi connectivity index (χ1n) is 7.47. The number of sulfonamides is 2. The highest BCUT2D eigenvalue weighted by Gasteiger charge is 2.29. The van der Waals surface area contributed by atoms with Gasteiger partial charge in [0, 0.05) is 18.6 Å². The van der Waals surface area contributed by atoms with Gasteiger partial charge in [-0.25, -0.2) is 26.3 Å². The molecule has 1 aromatic rings. The van der Waals surface area contributed by atoms with Gasteiger partial charge in [0.05, 0.1) is 10.6 Å². The Balaban J connectivity index is 2.67. The second kappa shape index (κ2) is 8.20. The van der Waals surface area contributed by atoms with Gasteiger partial charge in [-0.1, -0.05) is 32.0 Å². The van der Waals surface area contributed by atoms with E-state index in [4.69, 9.17) is 5.73 Å². The minimum Gasteiger partial charge on any atom is -0.329 e. The van der Waals surface area contributed by atoms with Gasteiger partial charge in [0.1, 0.15) is 0 Å². The topological polar surface area (TPSA) is 118 Å². The molecule has 0 fully saturated rings.